The van der Waals surface area contributed by atoms with Gasteiger partial charge in [-0.1, -0.05) is 50.2 Å². The van der Waals surface area contributed by atoms with Crippen LogP contribution in [0.1, 0.15) is 29.9 Å². The van der Waals surface area contributed by atoms with E-state index in [1.54, 1.807) is 32.0 Å². The van der Waals surface area contributed by atoms with Gasteiger partial charge in [-0.15, -0.1) is 0 Å². The largest absolute Gasteiger partial charge is 0.360 e. The molecule has 2 aromatic rings. The minimum absolute atomic E-state index is 0.0000205. The summed E-state index contributed by atoms with van der Waals surface area (Å²) in [5.41, 5.74) is 1.02. The molecule has 12 heteroatoms. The first-order chi connectivity index (χ1) is 19.6. The Bertz CT molecular complexity index is 1260. The number of rotatable bonds is 4. The fourth-order valence-electron chi connectivity index (χ4n) is 4.87. The molecule has 2 bridgehead atoms. The molecule has 2 aliphatic rings. The van der Waals surface area contributed by atoms with Crippen LogP contribution in [0.15, 0.2) is 54.7 Å². The Labute approximate surface area is 238 Å². The fraction of sp³-hybridized carbons (Fsp3) is 0.448. The molecule has 41 heavy (non-hydrogen) atoms. The van der Waals surface area contributed by atoms with E-state index in [1.807, 2.05) is 30.3 Å². The van der Waals surface area contributed by atoms with Gasteiger partial charge in [0, 0.05) is 32.8 Å². The smallest absolute Gasteiger partial charge is 0.272 e. The first-order valence-corrected chi connectivity index (χ1v) is 13.6. The van der Waals surface area contributed by atoms with Gasteiger partial charge >= 0.3 is 0 Å². The number of fused-ring (bicyclic) bond motifs is 2. The van der Waals surface area contributed by atoms with E-state index in [0.717, 1.165) is 5.56 Å². The van der Waals surface area contributed by atoms with Crippen LogP contribution in [0.2, 0.25) is 0 Å². The topological polar surface area (TPSA) is 150 Å². The van der Waals surface area contributed by atoms with Crippen molar-refractivity contribution in [2.75, 3.05) is 33.2 Å². The molecule has 4 atom stereocenters. The van der Waals surface area contributed by atoms with Crippen molar-refractivity contribution in [2.24, 2.45) is 5.92 Å². The van der Waals surface area contributed by atoms with Crippen molar-refractivity contribution in [1.82, 2.24) is 30.7 Å². The Kier molecular flexibility index (Phi) is 9.66. The van der Waals surface area contributed by atoms with Gasteiger partial charge in [-0.2, -0.15) is 0 Å². The third kappa shape index (κ3) is 7.66. The van der Waals surface area contributed by atoms with Crippen molar-refractivity contribution in [2.45, 2.75) is 44.6 Å². The summed E-state index contributed by atoms with van der Waals surface area (Å²) in [6, 6.07) is 12.3. The van der Waals surface area contributed by atoms with Gasteiger partial charge in [0.25, 0.3) is 11.8 Å². The first kappa shape index (κ1) is 29.7. The number of nitrogens with one attached hydrogen (secondary N) is 3. The second-order valence-corrected chi connectivity index (χ2v) is 10.7. The molecule has 0 spiro atoms. The Hall–Kier alpha value is -4.32. The number of pyridine rings is 1. The van der Waals surface area contributed by atoms with Gasteiger partial charge in [-0.25, -0.2) is 0 Å². The molecule has 0 aliphatic carbocycles. The van der Waals surface area contributed by atoms with Crippen LogP contribution in [0.25, 0.3) is 0 Å². The second-order valence-electron chi connectivity index (χ2n) is 10.7. The van der Waals surface area contributed by atoms with E-state index in [-0.39, 0.29) is 50.1 Å². The molecule has 5 amide bonds. The number of nitrogens with zero attached hydrogens (tertiary/aromatic N) is 3. The molecule has 12 nitrogen and oxygen atoms in total. The van der Waals surface area contributed by atoms with Gasteiger partial charge in [-0.05, 0) is 23.6 Å². The predicted molar refractivity (Wildman–Crippen MR) is 148 cm³/mol. The maximum atomic E-state index is 13.6. The summed E-state index contributed by atoms with van der Waals surface area (Å²) in [6.07, 6.45) is -0.150. The number of aromatic nitrogens is 1. The molecular weight excluding hydrogens is 528 g/mol. The predicted octanol–water partition coefficient (Wildman–Crippen LogP) is -0.252. The van der Waals surface area contributed by atoms with E-state index in [1.165, 1.54) is 23.0 Å². The van der Waals surface area contributed by atoms with E-state index in [4.69, 9.17) is 4.74 Å². The normalized spacial score (nSPS) is 24.6. The lowest BCUT2D eigenvalue weighted by molar-refractivity contribution is -0.148. The van der Waals surface area contributed by atoms with Crippen LogP contribution in [0.3, 0.4) is 0 Å². The van der Waals surface area contributed by atoms with Crippen LogP contribution in [0, 0.1) is 5.92 Å². The lowest BCUT2D eigenvalue weighted by atomic mass is 10.0. The fourth-order valence-corrected chi connectivity index (χ4v) is 4.87. The number of hydrogen-bond donors (Lipinski definition) is 3. The zero-order chi connectivity index (χ0) is 29.5. The van der Waals surface area contributed by atoms with E-state index in [0.29, 0.717) is 0 Å². The minimum Gasteiger partial charge on any atom is -0.360 e. The number of hydrogen-bond acceptors (Lipinski definition) is 7. The van der Waals surface area contributed by atoms with Crippen LogP contribution < -0.4 is 16.0 Å². The first-order valence-electron chi connectivity index (χ1n) is 13.6. The molecule has 3 heterocycles. The quantitative estimate of drug-likeness (QED) is 0.463. The highest BCUT2D eigenvalue weighted by atomic mass is 16.5. The van der Waals surface area contributed by atoms with Crippen molar-refractivity contribution in [3.63, 3.8) is 0 Å². The van der Waals surface area contributed by atoms with Crippen LogP contribution in [0.5, 0.6) is 0 Å². The molecule has 1 aromatic carbocycles. The molecule has 0 saturated carbocycles. The van der Waals surface area contributed by atoms with E-state index in [9.17, 15) is 24.0 Å². The average Bonchev–Trinajstić information content (AvgIpc) is 2.97. The molecule has 1 aromatic heterocycles. The molecule has 2 saturated heterocycles. The summed E-state index contributed by atoms with van der Waals surface area (Å²) >= 11 is 0. The Morgan fingerprint density at radius 3 is 2.41 bits per heavy atom. The van der Waals surface area contributed by atoms with Crippen molar-refractivity contribution < 1.29 is 28.7 Å². The maximum absolute atomic E-state index is 13.6. The number of carbonyl (C=O) groups excluding carboxylic acids is 5. The van der Waals surface area contributed by atoms with Crippen molar-refractivity contribution in [1.29, 1.82) is 0 Å². The third-order valence-electron chi connectivity index (χ3n) is 7.05. The highest BCUT2D eigenvalue weighted by molar-refractivity contribution is 5.95. The van der Waals surface area contributed by atoms with Gasteiger partial charge in [0.2, 0.25) is 17.7 Å². The van der Waals surface area contributed by atoms with Crippen LogP contribution in [0.4, 0.5) is 0 Å². The highest BCUT2D eigenvalue weighted by Gasteiger charge is 2.38. The molecule has 0 unspecified atom stereocenters. The van der Waals surface area contributed by atoms with E-state index in [2.05, 4.69) is 20.9 Å². The third-order valence-corrected chi connectivity index (χ3v) is 7.05. The highest BCUT2D eigenvalue weighted by Crippen LogP contribution is 2.16. The lowest BCUT2D eigenvalue weighted by Crippen LogP contribution is -2.59. The molecular formula is C29H36N6O6. The Balaban J connectivity index is 1.65. The van der Waals surface area contributed by atoms with Crippen molar-refractivity contribution >= 4 is 29.5 Å². The zero-order valence-corrected chi connectivity index (χ0v) is 23.4. The standard InChI is InChI=1S/C29H36N6O6/c1-18(2)25-27(38)31-14-20-15-35(29(40)21-11-7-8-12-30-21)16-23(41-20)26(37)32-22(13-19-9-5-4-6-10-19)28(39)34(3)17-24(36)33-25/h4-12,18,20,22-23,25H,13-17H2,1-3H3,(H,31,38)(H,32,37)(H,33,36)/t20-,22+,23+,25-/m0/s1. The molecule has 218 valence electrons. The summed E-state index contributed by atoms with van der Waals surface area (Å²) in [6.45, 7) is 3.33. The zero-order valence-electron chi connectivity index (χ0n) is 23.4. The molecule has 4 rings (SSSR count). The Morgan fingerprint density at radius 1 is 1.00 bits per heavy atom. The van der Waals surface area contributed by atoms with Crippen LogP contribution in [-0.2, 0) is 30.3 Å². The summed E-state index contributed by atoms with van der Waals surface area (Å²) in [5, 5.41) is 8.30. The van der Waals surface area contributed by atoms with Crippen LogP contribution in [-0.4, -0.2) is 102 Å². The number of amides is 5. The summed E-state index contributed by atoms with van der Waals surface area (Å²) in [7, 11) is 1.47. The summed E-state index contributed by atoms with van der Waals surface area (Å²) in [5.74, 6) is -2.63. The number of carbonyl (C=O) groups is 5. The molecule has 0 radical (unpaired) electrons. The van der Waals surface area contributed by atoms with Gasteiger partial charge in [0.05, 0.1) is 19.2 Å². The Morgan fingerprint density at radius 2 is 1.73 bits per heavy atom. The van der Waals surface area contributed by atoms with Gasteiger partial charge < -0.3 is 30.5 Å². The lowest BCUT2D eigenvalue weighted by Gasteiger charge is -2.38. The second kappa shape index (κ2) is 13.4. The van der Waals surface area contributed by atoms with Gasteiger partial charge in [-0.3, -0.25) is 29.0 Å². The average molecular weight is 565 g/mol. The minimum atomic E-state index is -1.11. The maximum Gasteiger partial charge on any atom is 0.272 e. The molecule has 2 aliphatic heterocycles. The number of morpholine rings is 1. The number of ether oxygens (including phenoxy) is 1. The monoisotopic (exact) mass is 564 g/mol. The number of likely N-dealkylation sites (N-methyl/N-ethyl adjacent to an activating group) is 1. The van der Waals surface area contributed by atoms with Crippen LogP contribution >= 0.6 is 0 Å². The summed E-state index contributed by atoms with van der Waals surface area (Å²) in [4.78, 5) is 73.1. The van der Waals surface area contributed by atoms with Gasteiger partial charge in [0.15, 0.2) is 6.10 Å². The molecule has 2 fully saturated rings. The van der Waals surface area contributed by atoms with E-state index < -0.39 is 47.9 Å². The van der Waals surface area contributed by atoms with Crippen molar-refractivity contribution in [3.8, 4) is 0 Å². The van der Waals surface area contributed by atoms with Crippen molar-refractivity contribution in [3.05, 3.63) is 66.0 Å². The number of benzene rings is 1. The summed E-state index contributed by atoms with van der Waals surface area (Å²) < 4.78 is 6.06. The van der Waals surface area contributed by atoms with E-state index >= 15 is 0 Å². The molecule has 3 N–H and O–H groups in total. The SMILES string of the molecule is CC(C)[C@@H]1NC(=O)CN(C)C(=O)[C@@H](Cc2ccccc2)NC(=O)[C@H]2CN(C(=O)c3ccccn3)C[C@H](CNC1=O)O2. The van der Waals surface area contributed by atoms with Gasteiger partial charge in [0.1, 0.15) is 17.8 Å².